The number of rotatable bonds is 6. The predicted molar refractivity (Wildman–Crippen MR) is 115 cm³/mol. The maximum atomic E-state index is 12.8. The first-order valence-corrected chi connectivity index (χ1v) is 11.0. The number of amides is 1. The molecule has 5 rings (SSSR count). The summed E-state index contributed by atoms with van der Waals surface area (Å²) in [5, 5.41) is 10.3. The van der Waals surface area contributed by atoms with Crippen molar-refractivity contribution in [3.05, 3.63) is 65.7 Å². The number of methoxy groups -OCH3 is 1. The van der Waals surface area contributed by atoms with Crippen LogP contribution in [0.4, 0.5) is 0 Å². The fourth-order valence-corrected chi connectivity index (χ4v) is 5.67. The van der Waals surface area contributed by atoms with Crippen LogP contribution < -0.4 is 4.74 Å². The molecule has 0 bridgehead atoms. The van der Waals surface area contributed by atoms with Crippen LogP contribution in [0.5, 0.6) is 5.75 Å². The van der Waals surface area contributed by atoms with Gasteiger partial charge in [0.25, 0.3) is 0 Å². The standard InChI is InChI=1S/C25H30N2O3/c1-30-21-12-5-7-18(13-21)14-27-22(15-28)23(19-8-3-2-4-9-19)25(27)16-26(17-25)24(29)20-10-6-11-20/h2-5,7-9,12-13,20,22-23,28H,6,10-11,14-17H2,1H3/t22-,23-/m1/s1. The number of ether oxygens (including phenoxy) is 1. The van der Waals surface area contributed by atoms with Crippen molar-refractivity contribution in [2.24, 2.45) is 5.92 Å². The molecule has 1 spiro atoms. The van der Waals surface area contributed by atoms with Crippen LogP contribution >= 0.6 is 0 Å². The van der Waals surface area contributed by atoms with Crippen molar-refractivity contribution < 1.29 is 14.6 Å². The number of likely N-dealkylation sites (tertiary alicyclic amines) is 2. The predicted octanol–water partition coefficient (Wildman–Crippen LogP) is 3.04. The second-order valence-electron chi connectivity index (χ2n) is 9.04. The van der Waals surface area contributed by atoms with Gasteiger partial charge >= 0.3 is 0 Å². The second-order valence-corrected chi connectivity index (χ2v) is 9.04. The van der Waals surface area contributed by atoms with E-state index in [2.05, 4.69) is 41.3 Å². The molecule has 1 amide bonds. The minimum absolute atomic E-state index is 0.0551. The first-order valence-electron chi connectivity index (χ1n) is 11.0. The molecule has 158 valence electrons. The molecule has 2 heterocycles. The van der Waals surface area contributed by atoms with Crippen molar-refractivity contribution in [3.8, 4) is 5.75 Å². The van der Waals surface area contributed by atoms with Crippen molar-refractivity contribution >= 4 is 5.91 Å². The minimum Gasteiger partial charge on any atom is -0.497 e. The highest BCUT2D eigenvalue weighted by molar-refractivity contribution is 5.81. The van der Waals surface area contributed by atoms with Gasteiger partial charge in [-0.3, -0.25) is 9.69 Å². The van der Waals surface area contributed by atoms with Gasteiger partial charge in [0.05, 0.1) is 19.3 Å². The lowest BCUT2D eigenvalue weighted by Gasteiger charge is -2.71. The molecule has 5 nitrogen and oxygen atoms in total. The third kappa shape index (κ3) is 3.03. The Morgan fingerprint density at radius 2 is 1.90 bits per heavy atom. The third-order valence-electron chi connectivity index (χ3n) is 7.46. The largest absolute Gasteiger partial charge is 0.497 e. The van der Waals surface area contributed by atoms with Gasteiger partial charge in [-0.1, -0.05) is 48.9 Å². The summed E-state index contributed by atoms with van der Waals surface area (Å²) >= 11 is 0. The van der Waals surface area contributed by atoms with Gasteiger partial charge in [0.2, 0.25) is 5.91 Å². The number of aliphatic hydroxyl groups excluding tert-OH is 1. The summed E-state index contributed by atoms with van der Waals surface area (Å²) in [6.45, 7) is 2.36. The SMILES string of the molecule is COc1cccc(CN2[C@H](CO)[C@@H](c3ccccc3)C23CN(C(=O)C2CCC2)C3)c1. The Hall–Kier alpha value is -2.37. The fraction of sp³-hybridized carbons (Fsp3) is 0.480. The number of carbonyl (C=O) groups excluding carboxylic acids is 1. The smallest absolute Gasteiger partial charge is 0.225 e. The highest BCUT2D eigenvalue weighted by atomic mass is 16.5. The summed E-state index contributed by atoms with van der Waals surface area (Å²) in [6.07, 6.45) is 3.26. The molecule has 1 N–H and O–H groups in total. The minimum atomic E-state index is -0.1000. The van der Waals surface area contributed by atoms with Crippen LogP contribution in [-0.2, 0) is 11.3 Å². The van der Waals surface area contributed by atoms with Gasteiger partial charge in [0, 0.05) is 37.5 Å². The van der Waals surface area contributed by atoms with E-state index < -0.39 is 0 Å². The van der Waals surface area contributed by atoms with Gasteiger partial charge in [0.15, 0.2) is 0 Å². The van der Waals surface area contributed by atoms with E-state index in [0.717, 1.165) is 38.2 Å². The Morgan fingerprint density at radius 1 is 1.13 bits per heavy atom. The zero-order chi connectivity index (χ0) is 20.7. The van der Waals surface area contributed by atoms with Gasteiger partial charge in [-0.15, -0.1) is 0 Å². The first-order chi connectivity index (χ1) is 14.7. The molecule has 0 unspecified atom stereocenters. The Kier molecular flexibility index (Phi) is 5.03. The number of aliphatic hydroxyl groups is 1. The normalized spacial score (nSPS) is 25.3. The number of carbonyl (C=O) groups is 1. The average molecular weight is 407 g/mol. The quantitative estimate of drug-likeness (QED) is 0.801. The molecular formula is C25H30N2O3. The zero-order valence-corrected chi connectivity index (χ0v) is 17.5. The molecule has 2 aromatic rings. The summed E-state index contributed by atoms with van der Waals surface area (Å²) in [7, 11) is 1.68. The van der Waals surface area contributed by atoms with Crippen LogP contribution in [0.15, 0.2) is 54.6 Å². The number of nitrogens with zero attached hydrogens (tertiary/aromatic N) is 2. The van der Waals surface area contributed by atoms with E-state index in [4.69, 9.17) is 4.74 Å². The Bertz CT molecular complexity index is 906. The molecule has 1 saturated carbocycles. The molecule has 30 heavy (non-hydrogen) atoms. The van der Waals surface area contributed by atoms with E-state index in [1.165, 1.54) is 17.5 Å². The highest BCUT2D eigenvalue weighted by Crippen LogP contribution is 2.55. The lowest BCUT2D eigenvalue weighted by atomic mass is 9.60. The van der Waals surface area contributed by atoms with Gasteiger partial charge in [-0.2, -0.15) is 0 Å². The summed E-state index contributed by atoms with van der Waals surface area (Å²) in [5.74, 6) is 1.64. The second kappa shape index (κ2) is 7.71. The summed E-state index contributed by atoms with van der Waals surface area (Å²) in [4.78, 5) is 17.3. The lowest BCUT2D eigenvalue weighted by molar-refractivity contribution is -0.203. The zero-order valence-electron chi connectivity index (χ0n) is 17.5. The van der Waals surface area contributed by atoms with Crippen LogP contribution in [0, 0.1) is 5.92 Å². The molecule has 2 aliphatic heterocycles. The van der Waals surface area contributed by atoms with E-state index in [9.17, 15) is 9.90 Å². The Balaban J connectivity index is 1.42. The molecule has 5 heteroatoms. The molecule has 0 radical (unpaired) electrons. The monoisotopic (exact) mass is 406 g/mol. The molecular weight excluding hydrogens is 376 g/mol. The maximum Gasteiger partial charge on any atom is 0.225 e. The van der Waals surface area contributed by atoms with E-state index in [1.807, 2.05) is 23.1 Å². The van der Waals surface area contributed by atoms with Crippen LogP contribution in [0.3, 0.4) is 0 Å². The number of benzene rings is 2. The van der Waals surface area contributed by atoms with Gasteiger partial charge in [-0.05, 0) is 36.1 Å². The number of hydrogen-bond acceptors (Lipinski definition) is 4. The molecule has 2 aromatic carbocycles. The van der Waals surface area contributed by atoms with Crippen molar-refractivity contribution in [2.75, 3.05) is 26.8 Å². The molecule has 1 aliphatic carbocycles. The van der Waals surface area contributed by atoms with Crippen molar-refractivity contribution in [2.45, 2.75) is 43.3 Å². The average Bonchev–Trinajstić information content (AvgIpc) is 2.69. The molecule has 3 aliphatic rings. The van der Waals surface area contributed by atoms with Crippen LogP contribution in [0.25, 0.3) is 0 Å². The lowest BCUT2D eigenvalue weighted by Crippen LogP contribution is -2.84. The molecule has 2 atom stereocenters. The summed E-state index contributed by atoms with van der Waals surface area (Å²) in [5.41, 5.74) is 2.33. The Labute approximate surface area is 178 Å². The molecule has 3 fully saturated rings. The van der Waals surface area contributed by atoms with Crippen molar-refractivity contribution in [1.82, 2.24) is 9.80 Å². The summed E-state index contributed by atoms with van der Waals surface area (Å²) in [6, 6.07) is 18.7. The van der Waals surface area contributed by atoms with Crippen molar-refractivity contribution in [1.29, 1.82) is 0 Å². The molecule has 0 aromatic heterocycles. The highest BCUT2D eigenvalue weighted by Gasteiger charge is 2.66. The van der Waals surface area contributed by atoms with Crippen molar-refractivity contribution in [3.63, 3.8) is 0 Å². The Morgan fingerprint density at radius 3 is 2.53 bits per heavy atom. The van der Waals surface area contributed by atoms with E-state index in [-0.39, 0.29) is 30.0 Å². The molecule has 2 saturated heterocycles. The maximum absolute atomic E-state index is 12.8. The fourth-order valence-electron chi connectivity index (χ4n) is 5.67. The van der Waals surface area contributed by atoms with E-state index in [0.29, 0.717) is 5.91 Å². The van der Waals surface area contributed by atoms with Crippen LogP contribution in [-0.4, -0.2) is 59.2 Å². The van der Waals surface area contributed by atoms with Crippen LogP contribution in [0.1, 0.15) is 36.3 Å². The van der Waals surface area contributed by atoms with E-state index >= 15 is 0 Å². The van der Waals surface area contributed by atoms with E-state index in [1.54, 1.807) is 7.11 Å². The van der Waals surface area contributed by atoms with Crippen LogP contribution in [0.2, 0.25) is 0 Å². The van der Waals surface area contributed by atoms with Gasteiger partial charge in [0.1, 0.15) is 5.75 Å². The number of hydrogen-bond donors (Lipinski definition) is 1. The van der Waals surface area contributed by atoms with Gasteiger partial charge in [-0.25, -0.2) is 0 Å². The third-order valence-corrected chi connectivity index (χ3v) is 7.46. The topological polar surface area (TPSA) is 53.0 Å². The first kappa shape index (κ1) is 19.6. The summed E-state index contributed by atoms with van der Waals surface area (Å²) < 4.78 is 5.40. The van der Waals surface area contributed by atoms with Gasteiger partial charge < -0.3 is 14.7 Å².